The van der Waals surface area contributed by atoms with Gasteiger partial charge in [-0.15, -0.1) is 0 Å². The van der Waals surface area contributed by atoms with Gasteiger partial charge in [0.1, 0.15) is 0 Å². The zero-order valence-electron chi connectivity index (χ0n) is 8.43. The molecule has 0 unspecified atom stereocenters. The predicted molar refractivity (Wildman–Crippen MR) is 51.4 cm³/mol. The van der Waals surface area contributed by atoms with Gasteiger partial charge in [0.25, 0.3) is 0 Å². The molecule has 0 aromatic rings. The highest BCUT2D eigenvalue weighted by molar-refractivity contribution is 4.94. The van der Waals surface area contributed by atoms with Crippen LogP contribution < -0.4 is 0 Å². The molecular weight excluding hydrogens is 152 g/mol. The molecule has 0 aliphatic heterocycles. The molecular formula is C10H20O2. The molecule has 0 aliphatic carbocycles. The fourth-order valence-corrected chi connectivity index (χ4v) is 0.742. The molecule has 0 amide bonds. The lowest BCUT2D eigenvalue weighted by molar-refractivity contribution is 0.0541. The topological polar surface area (TPSA) is 18.5 Å². The van der Waals surface area contributed by atoms with Crippen molar-refractivity contribution in [2.24, 2.45) is 0 Å². The Hall–Kier alpha value is -0.340. The number of ether oxygens (including phenoxy) is 2. The summed E-state index contributed by atoms with van der Waals surface area (Å²) in [6.45, 7) is 9.17. The molecule has 72 valence electrons. The molecule has 2 heteroatoms. The molecule has 0 bridgehead atoms. The van der Waals surface area contributed by atoms with Crippen LogP contribution in [0.5, 0.6) is 0 Å². The SMILES string of the molecule is CC=C(C)CCOCCOCC. The third-order valence-electron chi connectivity index (χ3n) is 1.71. The molecule has 0 saturated heterocycles. The number of rotatable bonds is 7. The van der Waals surface area contributed by atoms with Crippen LogP contribution in [0.1, 0.15) is 27.2 Å². The van der Waals surface area contributed by atoms with Crippen molar-refractivity contribution in [3.8, 4) is 0 Å². The lowest BCUT2D eigenvalue weighted by atomic mass is 10.2. The maximum Gasteiger partial charge on any atom is 0.0700 e. The Labute approximate surface area is 75.6 Å². The van der Waals surface area contributed by atoms with Crippen molar-refractivity contribution in [2.45, 2.75) is 27.2 Å². The third kappa shape index (κ3) is 7.76. The van der Waals surface area contributed by atoms with Gasteiger partial charge in [0.05, 0.1) is 19.8 Å². The monoisotopic (exact) mass is 172 g/mol. The Morgan fingerprint density at radius 2 is 1.83 bits per heavy atom. The van der Waals surface area contributed by atoms with E-state index >= 15 is 0 Å². The first-order valence-corrected chi connectivity index (χ1v) is 4.58. The molecule has 0 aromatic carbocycles. The van der Waals surface area contributed by atoms with Gasteiger partial charge in [-0.25, -0.2) is 0 Å². The molecule has 12 heavy (non-hydrogen) atoms. The van der Waals surface area contributed by atoms with E-state index in [2.05, 4.69) is 19.9 Å². The van der Waals surface area contributed by atoms with E-state index in [-0.39, 0.29) is 0 Å². The zero-order chi connectivity index (χ0) is 9.23. The van der Waals surface area contributed by atoms with Gasteiger partial charge in [0.15, 0.2) is 0 Å². The fourth-order valence-electron chi connectivity index (χ4n) is 0.742. The van der Waals surface area contributed by atoms with E-state index in [9.17, 15) is 0 Å². The number of allylic oxidation sites excluding steroid dienone is 1. The minimum Gasteiger partial charge on any atom is -0.379 e. The fraction of sp³-hybridized carbons (Fsp3) is 0.800. The standard InChI is InChI=1S/C10H20O2/c1-4-10(3)6-7-12-9-8-11-5-2/h4H,5-9H2,1-3H3. The summed E-state index contributed by atoms with van der Waals surface area (Å²) in [5.74, 6) is 0. The Kier molecular flexibility index (Phi) is 8.51. The van der Waals surface area contributed by atoms with Gasteiger partial charge in [-0.3, -0.25) is 0 Å². The minimum atomic E-state index is 0.713. The first kappa shape index (κ1) is 11.7. The summed E-state index contributed by atoms with van der Waals surface area (Å²) in [6.07, 6.45) is 3.15. The van der Waals surface area contributed by atoms with E-state index < -0.39 is 0 Å². The second-order valence-corrected chi connectivity index (χ2v) is 2.69. The summed E-state index contributed by atoms with van der Waals surface area (Å²) in [5, 5.41) is 0. The van der Waals surface area contributed by atoms with Crippen LogP contribution in [0.3, 0.4) is 0 Å². The van der Waals surface area contributed by atoms with E-state index in [1.54, 1.807) is 0 Å². The van der Waals surface area contributed by atoms with Crippen molar-refractivity contribution in [1.82, 2.24) is 0 Å². The van der Waals surface area contributed by atoms with Crippen molar-refractivity contribution < 1.29 is 9.47 Å². The third-order valence-corrected chi connectivity index (χ3v) is 1.71. The summed E-state index contributed by atoms with van der Waals surface area (Å²) in [4.78, 5) is 0. The van der Waals surface area contributed by atoms with Crippen LogP contribution in [0.2, 0.25) is 0 Å². The smallest absolute Gasteiger partial charge is 0.0700 e. The largest absolute Gasteiger partial charge is 0.379 e. The average Bonchev–Trinajstić information content (AvgIpc) is 2.10. The molecule has 0 N–H and O–H groups in total. The number of hydrogen-bond acceptors (Lipinski definition) is 2. The molecule has 0 atom stereocenters. The van der Waals surface area contributed by atoms with Gasteiger partial charge in [-0.2, -0.15) is 0 Å². The van der Waals surface area contributed by atoms with Gasteiger partial charge >= 0.3 is 0 Å². The molecule has 0 aromatic heterocycles. The second-order valence-electron chi connectivity index (χ2n) is 2.69. The maximum absolute atomic E-state index is 5.34. The van der Waals surface area contributed by atoms with Gasteiger partial charge in [0.2, 0.25) is 0 Å². The summed E-state index contributed by atoms with van der Waals surface area (Å²) in [7, 11) is 0. The summed E-state index contributed by atoms with van der Waals surface area (Å²) in [6, 6.07) is 0. The second kappa shape index (κ2) is 8.75. The molecule has 0 fully saturated rings. The lowest BCUT2D eigenvalue weighted by Gasteiger charge is -2.03. The van der Waals surface area contributed by atoms with Gasteiger partial charge < -0.3 is 9.47 Å². The summed E-state index contributed by atoms with van der Waals surface area (Å²) < 4.78 is 10.5. The van der Waals surface area contributed by atoms with Crippen molar-refractivity contribution in [3.05, 3.63) is 11.6 Å². The normalized spacial score (nSPS) is 12.1. The Balaban J connectivity index is 3.00. The van der Waals surface area contributed by atoms with Crippen LogP contribution in [-0.4, -0.2) is 26.4 Å². The van der Waals surface area contributed by atoms with Crippen LogP contribution >= 0.6 is 0 Å². The van der Waals surface area contributed by atoms with Crippen molar-refractivity contribution in [3.63, 3.8) is 0 Å². The molecule has 0 spiro atoms. The Morgan fingerprint density at radius 3 is 2.42 bits per heavy atom. The molecule has 0 aliphatic rings. The zero-order valence-corrected chi connectivity index (χ0v) is 8.43. The Bertz CT molecular complexity index is 119. The van der Waals surface area contributed by atoms with E-state index in [0.29, 0.717) is 13.2 Å². The molecule has 0 heterocycles. The van der Waals surface area contributed by atoms with E-state index in [0.717, 1.165) is 19.6 Å². The van der Waals surface area contributed by atoms with Gasteiger partial charge in [0, 0.05) is 6.61 Å². The van der Waals surface area contributed by atoms with Crippen molar-refractivity contribution in [1.29, 1.82) is 0 Å². The summed E-state index contributed by atoms with van der Waals surface area (Å²) in [5.41, 5.74) is 1.38. The van der Waals surface area contributed by atoms with Crippen LogP contribution in [0.4, 0.5) is 0 Å². The summed E-state index contributed by atoms with van der Waals surface area (Å²) >= 11 is 0. The highest BCUT2D eigenvalue weighted by atomic mass is 16.5. The van der Waals surface area contributed by atoms with Gasteiger partial charge in [-0.1, -0.05) is 11.6 Å². The van der Waals surface area contributed by atoms with Crippen LogP contribution in [0, 0.1) is 0 Å². The number of hydrogen-bond donors (Lipinski definition) is 0. The van der Waals surface area contributed by atoms with Crippen molar-refractivity contribution in [2.75, 3.05) is 26.4 Å². The maximum atomic E-state index is 5.34. The highest BCUT2D eigenvalue weighted by Crippen LogP contribution is 1.98. The van der Waals surface area contributed by atoms with E-state index in [4.69, 9.17) is 9.47 Å². The Morgan fingerprint density at radius 1 is 1.17 bits per heavy atom. The molecule has 2 nitrogen and oxygen atoms in total. The average molecular weight is 172 g/mol. The lowest BCUT2D eigenvalue weighted by Crippen LogP contribution is -2.04. The van der Waals surface area contributed by atoms with Crippen LogP contribution in [0.15, 0.2) is 11.6 Å². The highest BCUT2D eigenvalue weighted by Gasteiger charge is 1.89. The van der Waals surface area contributed by atoms with E-state index in [1.807, 2.05) is 6.92 Å². The molecule has 0 saturated carbocycles. The van der Waals surface area contributed by atoms with Crippen LogP contribution in [0.25, 0.3) is 0 Å². The first-order valence-electron chi connectivity index (χ1n) is 4.58. The van der Waals surface area contributed by atoms with Crippen molar-refractivity contribution >= 4 is 0 Å². The van der Waals surface area contributed by atoms with E-state index in [1.165, 1.54) is 5.57 Å². The quantitative estimate of drug-likeness (QED) is 0.433. The molecule has 0 radical (unpaired) electrons. The first-order chi connectivity index (χ1) is 5.81. The van der Waals surface area contributed by atoms with Crippen LogP contribution in [-0.2, 0) is 9.47 Å². The van der Waals surface area contributed by atoms with Gasteiger partial charge in [-0.05, 0) is 27.2 Å². The minimum absolute atomic E-state index is 0.713. The molecule has 0 rings (SSSR count). The predicted octanol–water partition coefficient (Wildman–Crippen LogP) is 2.40.